The topological polar surface area (TPSA) is 83.5 Å². The number of cyclic esters (lactones) is 1. The molecule has 2 heterocycles. The van der Waals surface area contributed by atoms with Crippen LogP contribution >= 0.6 is 0 Å². The second-order valence-electron chi connectivity index (χ2n) is 7.67. The fourth-order valence-corrected chi connectivity index (χ4v) is 3.96. The number of amides is 2. The SMILES string of the molecule is CON=C1CN(c2c(F)cc(N3C[C@H](CNC(C)=O)OC3=O)cc2F)CC12CC2. The van der Waals surface area contributed by atoms with Crippen molar-refractivity contribution in [3.8, 4) is 0 Å². The quantitative estimate of drug-likeness (QED) is 0.754. The lowest BCUT2D eigenvalue weighted by atomic mass is 10.1. The van der Waals surface area contributed by atoms with Gasteiger partial charge in [0.25, 0.3) is 0 Å². The van der Waals surface area contributed by atoms with Gasteiger partial charge in [-0.25, -0.2) is 13.6 Å². The third-order valence-corrected chi connectivity index (χ3v) is 5.58. The molecule has 2 amide bonds. The summed E-state index contributed by atoms with van der Waals surface area (Å²) in [5.41, 5.74) is 0.587. The molecule has 1 saturated carbocycles. The third kappa shape index (κ3) is 3.58. The van der Waals surface area contributed by atoms with Crippen LogP contribution in [-0.2, 0) is 14.4 Å². The van der Waals surface area contributed by atoms with Crippen molar-refractivity contribution < 1.29 is 27.9 Å². The summed E-state index contributed by atoms with van der Waals surface area (Å²) in [7, 11) is 1.45. The van der Waals surface area contributed by atoms with Crippen LogP contribution in [0.25, 0.3) is 0 Å². The number of carbonyl (C=O) groups excluding carboxylic acids is 2. The molecule has 0 radical (unpaired) electrons. The highest BCUT2D eigenvalue weighted by molar-refractivity contribution is 5.99. The van der Waals surface area contributed by atoms with E-state index in [-0.39, 0.29) is 35.8 Å². The van der Waals surface area contributed by atoms with Crippen molar-refractivity contribution in [1.29, 1.82) is 0 Å². The fraction of sp³-hybridized carbons (Fsp3) is 0.526. The van der Waals surface area contributed by atoms with E-state index in [1.807, 2.05) is 0 Å². The van der Waals surface area contributed by atoms with E-state index in [9.17, 15) is 18.4 Å². The van der Waals surface area contributed by atoms with Crippen LogP contribution < -0.4 is 15.1 Å². The third-order valence-electron chi connectivity index (χ3n) is 5.58. The van der Waals surface area contributed by atoms with Crippen molar-refractivity contribution in [3.05, 3.63) is 23.8 Å². The highest BCUT2D eigenvalue weighted by Gasteiger charge is 2.54. The molecule has 29 heavy (non-hydrogen) atoms. The molecule has 3 fully saturated rings. The van der Waals surface area contributed by atoms with Crippen molar-refractivity contribution in [2.24, 2.45) is 10.6 Å². The molecule has 0 bridgehead atoms. The molecule has 1 aromatic rings. The molecule has 8 nitrogen and oxygen atoms in total. The van der Waals surface area contributed by atoms with E-state index in [0.29, 0.717) is 13.1 Å². The van der Waals surface area contributed by atoms with Crippen LogP contribution in [0.4, 0.5) is 25.0 Å². The van der Waals surface area contributed by atoms with Crippen LogP contribution in [0.3, 0.4) is 0 Å². The van der Waals surface area contributed by atoms with Gasteiger partial charge in [-0.3, -0.25) is 9.69 Å². The number of nitrogens with one attached hydrogen (secondary N) is 1. The number of carbonyl (C=O) groups is 2. The largest absolute Gasteiger partial charge is 0.442 e. The summed E-state index contributed by atoms with van der Waals surface area (Å²) in [6.45, 7) is 2.36. The predicted molar refractivity (Wildman–Crippen MR) is 101 cm³/mol. The van der Waals surface area contributed by atoms with Gasteiger partial charge < -0.3 is 19.8 Å². The minimum absolute atomic E-state index is 0.0742. The molecule has 156 valence electrons. The Bertz CT molecular complexity index is 864. The summed E-state index contributed by atoms with van der Waals surface area (Å²) >= 11 is 0. The maximum atomic E-state index is 14.9. The summed E-state index contributed by atoms with van der Waals surface area (Å²) < 4.78 is 34.9. The summed E-state index contributed by atoms with van der Waals surface area (Å²) in [5.74, 6) is -1.77. The van der Waals surface area contributed by atoms with Crippen LogP contribution in [0, 0.1) is 17.0 Å². The second kappa shape index (κ2) is 7.16. The molecule has 10 heteroatoms. The van der Waals surface area contributed by atoms with Crippen molar-refractivity contribution >= 4 is 29.1 Å². The molecule has 0 unspecified atom stereocenters. The zero-order valence-electron chi connectivity index (χ0n) is 16.2. The molecule has 1 N–H and O–H groups in total. The average molecular weight is 408 g/mol. The van der Waals surface area contributed by atoms with Crippen LogP contribution in [0.15, 0.2) is 17.3 Å². The predicted octanol–water partition coefficient (Wildman–Crippen LogP) is 2.03. The number of nitrogens with zero attached hydrogens (tertiary/aromatic N) is 3. The van der Waals surface area contributed by atoms with Crippen LogP contribution in [0.2, 0.25) is 0 Å². The first-order chi connectivity index (χ1) is 13.8. The Balaban J connectivity index is 1.53. The van der Waals surface area contributed by atoms with Gasteiger partial charge in [-0.1, -0.05) is 5.16 Å². The van der Waals surface area contributed by atoms with E-state index in [1.54, 1.807) is 4.90 Å². The molecule has 0 aromatic heterocycles. The smallest absolute Gasteiger partial charge is 0.414 e. The van der Waals surface area contributed by atoms with Crippen LogP contribution in [-0.4, -0.2) is 57.1 Å². The van der Waals surface area contributed by atoms with Gasteiger partial charge in [0.05, 0.1) is 31.0 Å². The van der Waals surface area contributed by atoms with Gasteiger partial charge in [-0.15, -0.1) is 0 Å². The molecule has 1 aliphatic carbocycles. The minimum atomic E-state index is -0.757. The average Bonchev–Trinajstić information content (AvgIpc) is 3.20. The van der Waals surface area contributed by atoms with Crippen molar-refractivity contribution in [2.45, 2.75) is 25.9 Å². The number of hydrogen-bond donors (Lipinski definition) is 1. The first kappa shape index (κ1) is 19.4. The number of halogens is 2. The summed E-state index contributed by atoms with van der Waals surface area (Å²) in [6, 6.07) is 2.26. The molecule has 1 aromatic carbocycles. The second-order valence-corrected chi connectivity index (χ2v) is 7.67. The lowest BCUT2D eigenvalue weighted by molar-refractivity contribution is -0.119. The Kier molecular flexibility index (Phi) is 4.79. The molecule has 1 spiro atoms. The number of benzene rings is 1. The molecule has 2 aliphatic heterocycles. The van der Waals surface area contributed by atoms with Gasteiger partial charge in [-0.2, -0.15) is 0 Å². The van der Waals surface area contributed by atoms with Crippen molar-refractivity contribution in [1.82, 2.24) is 5.32 Å². The summed E-state index contributed by atoms with van der Waals surface area (Å²) in [4.78, 5) is 30.8. The normalized spacial score (nSPS) is 23.7. The van der Waals surface area contributed by atoms with E-state index in [4.69, 9.17) is 9.57 Å². The minimum Gasteiger partial charge on any atom is -0.442 e. The molecule has 3 aliphatic rings. The maximum absolute atomic E-state index is 14.9. The van der Waals surface area contributed by atoms with Crippen molar-refractivity contribution in [3.63, 3.8) is 0 Å². The number of oxime groups is 1. The molecule has 2 saturated heterocycles. The Hall–Kier alpha value is -2.91. The maximum Gasteiger partial charge on any atom is 0.414 e. The Labute approximate surface area is 166 Å². The van der Waals surface area contributed by atoms with Gasteiger partial charge >= 0.3 is 6.09 Å². The molecule has 4 rings (SSSR count). The van der Waals surface area contributed by atoms with E-state index < -0.39 is 23.8 Å². The highest BCUT2D eigenvalue weighted by atomic mass is 19.1. The van der Waals surface area contributed by atoms with Crippen LogP contribution in [0.5, 0.6) is 0 Å². The summed E-state index contributed by atoms with van der Waals surface area (Å²) in [6.07, 6.45) is 0.544. The van der Waals surface area contributed by atoms with Gasteiger partial charge in [0.2, 0.25) is 5.91 Å². The molecular formula is C19H22F2N4O4. The fourth-order valence-electron chi connectivity index (χ4n) is 3.96. The Morgan fingerprint density at radius 2 is 2.07 bits per heavy atom. The summed E-state index contributed by atoms with van der Waals surface area (Å²) in [5, 5.41) is 6.59. The van der Waals surface area contributed by atoms with E-state index >= 15 is 0 Å². The van der Waals surface area contributed by atoms with Crippen molar-refractivity contribution in [2.75, 3.05) is 43.1 Å². The number of hydrogen-bond acceptors (Lipinski definition) is 6. The highest BCUT2D eigenvalue weighted by Crippen LogP contribution is 2.52. The number of anilines is 2. The van der Waals surface area contributed by atoms with E-state index in [2.05, 4.69) is 10.5 Å². The van der Waals surface area contributed by atoms with E-state index in [0.717, 1.165) is 35.6 Å². The van der Waals surface area contributed by atoms with Gasteiger partial charge in [0, 0.05) is 31.0 Å². The number of rotatable bonds is 5. The number of ether oxygens (including phenoxy) is 1. The zero-order chi connectivity index (χ0) is 20.8. The van der Waals surface area contributed by atoms with Crippen LogP contribution in [0.1, 0.15) is 19.8 Å². The Morgan fingerprint density at radius 1 is 1.38 bits per heavy atom. The lowest BCUT2D eigenvalue weighted by Gasteiger charge is -2.21. The molecular weight excluding hydrogens is 386 g/mol. The van der Waals surface area contributed by atoms with Gasteiger partial charge in [-0.05, 0) is 12.8 Å². The first-order valence-corrected chi connectivity index (χ1v) is 9.40. The Morgan fingerprint density at radius 3 is 2.66 bits per heavy atom. The first-order valence-electron chi connectivity index (χ1n) is 9.40. The zero-order valence-corrected chi connectivity index (χ0v) is 16.2. The van der Waals surface area contributed by atoms with Gasteiger partial charge in [0.15, 0.2) is 11.6 Å². The monoisotopic (exact) mass is 408 g/mol. The van der Waals surface area contributed by atoms with Gasteiger partial charge in [0.1, 0.15) is 18.9 Å². The molecule has 1 atom stereocenters. The lowest BCUT2D eigenvalue weighted by Crippen LogP contribution is -2.33. The van der Waals surface area contributed by atoms with E-state index in [1.165, 1.54) is 14.0 Å². The standard InChI is InChI=1S/C19H22F2N4O4/c1-11(26)22-7-13-8-25(18(27)29-13)12-5-14(20)17(15(21)6-12)24-9-16(23-28-2)19(10-24)3-4-19/h5-6,13H,3-4,7-10H2,1-2H3,(H,22,26)/t13-/m0/s1.